The maximum atomic E-state index is 11.9. The van der Waals surface area contributed by atoms with Gasteiger partial charge in [0.15, 0.2) is 5.89 Å². The molecule has 1 aromatic heterocycles. The molecule has 0 aliphatic rings. The van der Waals surface area contributed by atoms with Gasteiger partial charge in [-0.05, 0) is 19.4 Å². The van der Waals surface area contributed by atoms with Gasteiger partial charge in [-0.1, -0.05) is 29.8 Å². The lowest BCUT2D eigenvalue weighted by molar-refractivity contribution is 0.0921. The van der Waals surface area contributed by atoms with E-state index in [9.17, 15) is 4.79 Å². The minimum Gasteiger partial charge on any atom is -0.436 e. The van der Waals surface area contributed by atoms with Gasteiger partial charge in [0.25, 0.3) is 5.91 Å². The van der Waals surface area contributed by atoms with E-state index in [-0.39, 0.29) is 5.91 Å². The van der Waals surface area contributed by atoms with Crippen molar-refractivity contribution in [3.05, 3.63) is 52.7 Å². The smallest absolute Gasteiger partial charge is 0.289 e. The summed E-state index contributed by atoms with van der Waals surface area (Å²) >= 11 is 0. The highest BCUT2D eigenvalue weighted by molar-refractivity contribution is 5.92. The van der Waals surface area contributed by atoms with E-state index in [2.05, 4.69) is 10.3 Å². The maximum Gasteiger partial charge on any atom is 0.289 e. The van der Waals surface area contributed by atoms with Gasteiger partial charge in [0.05, 0.1) is 5.69 Å². The monoisotopic (exact) mass is 244 g/mol. The number of hydrogen-bond acceptors (Lipinski definition) is 3. The molecule has 0 saturated carbocycles. The normalized spacial score (nSPS) is 10.4. The highest BCUT2D eigenvalue weighted by Crippen LogP contribution is 2.09. The number of aromatic nitrogens is 1. The zero-order chi connectivity index (χ0) is 13.1. The van der Waals surface area contributed by atoms with E-state index < -0.39 is 0 Å². The first-order valence-electron chi connectivity index (χ1n) is 5.84. The minimum atomic E-state index is -0.227. The van der Waals surface area contributed by atoms with Crippen LogP contribution in [0.15, 0.2) is 28.7 Å². The van der Waals surface area contributed by atoms with Crippen LogP contribution in [0.3, 0.4) is 0 Å². The maximum absolute atomic E-state index is 11.9. The lowest BCUT2D eigenvalue weighted by atomic mass is 10.1. The van der Waals surface area contributed by atoms with Crippen LogP contribution in [0.5, 0.6) is 0 Å². The molecule has 0 bridgehead atoms. The van der Waals surface area contributed by atoms with Crippen LogP contribution < -0.4 is 5.32 Å². The lowest BCUT2D eigenvalue weighted by Gasteiger charge is -2.04. The lowest BCUT2D eigenvalue weighted by Crippen LogP contribution is -2.23. The number of carbonyl (C=O) groups excluding carboxylic acids is 1. The minimum absolute atomic E-state index is 0.227. The summed E-state index contributed by atoms with van der Waals surface area (Å²) in [4.78, 5) is 16.0. The van der Waals surface area contributed by atoms with Gasteiger partial charge in [0.1, 0.15) is 0 Å². The average Bonchev–Trinajstić information content (AvgIpc) is 2.66. The molecule has 94 valence electrons. The summed E-state index contributed by atoms with van der Waals surface area (Å²) in [6.07, 6.45) is 0. The number of oxazole rings is 1. The number of hydrogen-bond donors (Lipinski definition) is 1. The van der Waals surface area contributed by atoms with Crippen molar-refractivity contribution >= 4 is 5.91 Å². The molecular weight excluding hydrogens is 228 g/mol. The van der Waals surface area contributed by atoms with Crippen LogP contribution in [0.4, 0.5) is 0 Å². The van der Waals surface area contributed by atoms with Crippen LogP contribution in [-0.2, 0) is 6.54 Å². The van der Waals surface area contributed by atoms with Gasteiger partial charge in [0.2, 0.25) is 5.76 Å². The number of nitrogens with one attached hydrogen (secondary N) is 1. The Balaban J connectivity index is 2.03. The van der Waals surface area contributed by atoms with E-state index in [1.807, 2.05) is 31.2 Å². The third-order valence-electron chi connectivity index (χ3n) is 2.65. The molecule has 18 heavy (non-hydrogen) atoms. The van der Waals surface area contributed by atoms with Crippen LogP contribution in [0.2, 0.25) is 0 Å². The number of aryl methyl sites for hydroxylation is 3. The molecule has 4 heteroatoms. The molecular formula is C14H16N2O2. The Morgan fingerprint density at radius 3 is 2.72 bits per heavy atom. The Hall–Kier alpha value is -2.10. The summed E-state index contributed by atoms with van der Waals surface area (Å²) in [6, 6.07) is 8.01. The van der Waals surface area contributed by atoms with Crippen molar-refractivity contribution in [2.75, 3.05) is 0 Å². The quantitative estimate of drug-likeness (QED) is 0.902. The van der Waals surface area contributed by atoms with Crippen molar-refractivity contribution in [2.24, 2.45) is 0 Å². The Bertz CT molecular complexity index is 573. The fourth-order valence-corrected chi connectivity index (χ4v) is 1.83. The molecule has 4 nitrogen and oxygen atoms in total. The number of amides is 1. The van der Waals surface area contributed by atoms with Crippen LogP contribution in [-0.4, -0.2) is 10.9 Å². The zero-order valence-corrected chi connectivity index (χ0v) is 10.8. The van der Waals surface area contributed by atoms with Crippen LogP contribution in [0, 0.1) is 20.8 Å². The first kappa shape index (κ1) is 12.4. The molecule has 0 fully saturated rings. The second-order valence-electron chi connectivity index (χ2n) is 4.32. The van der Waals surface area contributed by atoms with E-state index in [1.54, 1.807) is 13.8 Å². The van der Waals surface area contributed by atoms with Crippen molar-refractivity contribution in [1.82, 2.24) is 10.3 Å². The zero-order valence-electron chi connectivity index (χ0n) is 10.8. The second-order valence-corrected chi connectivity index (χ2v) is 4.32. The van der Waals surface area contributed by atoms with Gasteiger partial charge >= 0.3 is 0 Å². The summed E-state index contributed by atoms with van der Waals surface area (Å²) in [5.41, 5.74) is 2.86. The van der Waals surface area contributed by atoms with Gasteiger partial charge in [0, 0.05) is 13.5 Å². The number of nitrogens with zero attached hydrogens (tertiary/aromatic N) is 1. The van der Waals surface area contributed by atoms with Crippen LogP contribution >= 0.6 is 0 Å². The summed E-state index contributed by atoms with van der Waals surface area (Å²) in [7, 11) is 0. The highest BCUT2D eigenvalue weighted by Gasteiger charge is 2.15. The summed E-state index contributed by atoms with van der Waals surface area (Å²) in [5, 5.41) is 2.82. The van der Waals surface area contributed by atoms with Crippen molar-refractivity contribution in [3.63, 3.8) is 0 Å². The third-order valence-corrected chi connectivity index (χ3v) is 2.65. The van der Waals surface area contributed by atoms with E-state index in [4.69, 9.17) is 4.42 Å². The SMILES string of the molecule is Cc1cccc(CNC(=O)c2oc(C)nc2C)c1. The molecule has 1 amide bonds. The second kappa shape index (κ2) is 5.04. The summed E-state index contributed by atoms with van der Waals surface area (Å²) in [6.45, 7) is 6.00. The molecule has 0 spiro atoms. The van der Waals surface area contributed by atoms with Gasteiger partial charge in [-0.25, -0.2) is 4.98 Å². The Kier molecular flexibility index (Phi) is 3.46. The molecule has 1 N–H and O–H groups in total. The first-order valence-corrected chi connectivity index (χ1v) is 5.84. The van der Waals surface area contributed by atoms with Crippen molar-refractivity contribution < 1.29 is 9.21 Å². The van der Waals surface area contributed by atoms with Crippen LogP contribution in [0.25, 0.3) is 0 Å². The van der Waals surface area contributed by atoms with E-state index in [0.29, 0.717) is 23.9 Å². The average molecular weight is 244 g/mol. The van der Waals surface area contributed by atoms with E-state index in [0.717, 1.165) is 5.56 Å². The number of rotatable bonds is 3. The molecule has 2 rings (SSSR count). The van der Waals surface area contributed by atoms with Gasteiger partial charge in [-0.2, -0.15) is 0 Å². The highest BCUT2D eigenvalue weighted by atomic mass is 16.4. The molecule has 0 radical (unpaired) electrons. The van der Waals surface area contributed by atoms with Crippen LogP contribution in [0.1, 0.15) is 33.3 Å². The van der Waals surface area contributed by atoms with Crippen molar-refractivity contribution in [1.29, 1.82) is 0 Å². The predicted molar refractivity (Wildman–Crippen MR) is 68.3 cm³/mol. The topological polar surface area (TPSA) is 55.1 Å². The molecule has 0 atom stereocenters. The van der Waals surface area contributed by atoms with E-state index >= 15 is 0 Å². The van der Waals surface area contributed by atoms with Gasteiger partial charge in [-0.15, -0.1) is 0 Å². The number of benzene rings is 1. The predicted octanol–water partition coefficient (Wildman–Crippen LogP) is 2.53. The summed E-state index contributed by atoms with van der Waals surface area (Å²) < 4.78 is 5.27. The number of carbonyl (C=O) groups is 1. The molecule has 0 aliphatic carbocycles. The Morgan fingerprint density at radius 1 is 1.33 bits per heavy atom. The van der Waals surface area contributed by atoms with Crippen molar-refractivity contribution in [3.8, 4) is 0 Å². The Morgan fingerprint density at radius 2 is 2.11 bits per heavy atom. The molecule has 2 aromatic rings. The first-order chi connectivity index (χ1) is 8.56. The molecule has 0 saturated heterocycles. The van der Waals surface area contributed by atoms with E-state index in [1.165, 1.54) is 5.56 Å². The third kappa shape index (κ3) is 2.77. The fourth-order valence-electron chi connectivity index (χ4n) is 1.83. The molecule has 1 heterocycles. The molecule has 0 unspecified atom stereocenters. The molecule has 1 aromatic carbocycles. The largest absolute Gasteiger partial charge is 0.436 e. The van der Waals surface area contributed by atoms with Gasteiger partial charge in [-0.3, -0.25) is 4.79 Å². The summed E-state index contributed by atoms with van der Waals surface area (Å²) in [5.74, 6) is 0.572. The fraction of sp³-hybridized carbons (Fsp3) is 0.286. The van der Waals surface area contributed by atoms with Gasteiger partial charge < -0.3 is 9.73 Å². The van der Waals surface area contributed by atoms with Crippen molar-refractivity contribution in [2.45, 2.75) is 27.3 Å². The standard InChI is InChI=1S/C14H16N2O2/c1-9-5-4-6-12(7-9)8-15-14(17)13-10(2)16-11(3)18-13/h4-7H,8H2,1-3H3,(H,15,17). The Labute approximate surface area is 106 Å². The molecule has 0 aliphatic heterocycles.